The summed E-state index contributed by atoms with van der Waals surface area (Å²) in [6, 6.07) is 11.1. The fourth-order valence-electron chi connectivity index (χ4n) is 3.97. The Balaban J connectivity index is 1.93. The summed E-state index contributed by atoms with van der Waals surface area (Å²) in [5, 5.41) is 16.4. The number of guanidine groups is 1. The highest BCUT2D eigenvalue weighted by Crippen LogP contribution is 2.31. The third kappa shape index (κ3) is 6.76. The van der Waals surface area contributed by atoms with Crippen LogP contribution in [0.5, 0.6) is 0 Å². The highest BCUT2D eigenvalue weighted by molar-refractivity contribution is 5.79. The molecule has 1 aromatic carbocycles. The molecule has 0 aliphatic carbocycles. The number of benzene rings is 1. The molecule has 1 fully saturated rings. The highest BCUT2D eigenvalue weighted by Gasteiger charge is 2.34. The van der Waals surface area contributed by atoms with Gasteiger partial charge in [0, 0.05) is 44.8 Å². The first-order valence-electron chi connectivity index (χ1n) is 10.6. The minimum atomic E-state index is 0.00861. The third-order valence-electron chi connectivity index (χ3n) is 5.83. The van der Waals surface area contributed by atoms with Crippen LogP contribution in [-0.2, 0) is 11.2 Å². The van der Waals surface area contributed by atoms with Crippen molar-refractivity contribution in [1.29, 1.82) is 0 Å². The second kappa shape index (κ2) is 12.0. The number of rotatable bonds is 11. The zero-order chi connectivity index (χ0) is 20.2. The van der Waals surface area contributed by atoms with Gasteiger partial charge in [0.15, 0.2) is 5.96 Å². The Labute approximate surface area is 170 Å². The fourth-order valence-corrected chi connectivity index (χ4v) is 3.97. The number of aliphatic hydroxyl groups excluding tert-OH is 1. The lowest BCUT2D eigenvalue weighted by atomic mass is 9.84. The van der Waals surface area contributed by atoms with Gasteiger partial charge in [0.2, 0.25) is 0 Å². The predicted octanol–water partition coefficient (Wildman–Crippen LogP) is 1.89. The molecule has 2 unspecified atom stereocenters. The first-order valence-corrected chi connectivity index (χ1v) is 10.6. The van der Waals surface area contributed by atoms with Crippen LogP contribution in [0.4, 0.5) is 0 Å². The molecule has 2 rings (SSSR count). The van der Waals surface area contributed by atoms with Crippen molar-refractivity contribution < 1.29 is 9.84 Å². The molecule has 0 saturated carbocycles. The Bertz CT molecular complexity index is 569. The minimum Gasteiger partial charge on any atom is -0.396 e. The quantitative estimate of drug-likeness (QED) is 0.398. The molecule has 1 saturated heterocycles. The van der Waals surface area contributed by atoms with Crippen molar-refractivity contribution in [2.24, 2.45) is 10.4 Å². The largest absolute Gasteiger partial charge is 0.396 e. The second-order valence-electron chi connectivity index (χ2n) is 7.65. The maximum atomic E-state index is 9.41. The van der Waals surface area contributed by atoms with E-state index < -0.39 is 0 Å². The molecule has 0 spiro atoms. The molecule has 0 aromatic heterocycles. The number of nitrogens with zero attached hydrogens (tertiary/aromatic N) is 2. The standard InChI is InChI=1S/C22H38N4O2/c1-4-26(5-2)20(15-19-9-7-6-8-10-19)16-24-21(23-3)25-17-22(11-13-27)12-14-28-18-22/h6-10,20,27H,4-5,11-18H2,1-3H3,(H2,23,24,25). The van der Waals surface area contributed by atoms with Crippen molar-refractivity contribution in [3.63, 3.8) is 0 Å². The van der Waals surface area contributed by atoms with Gasteiger partial charge in [-0.15, -0.1) is 0 Å². The van der Waals surface area contributed by atoms with Crippen LogP contribution >= 0.6 is 0 Å². The molecule has 1 aliphatic rings. The number of nitrogens with one attached hydrogen (secondary N) is 2. The zero-order valence-electron chi connectivity index (χ0n) is 17.8. The second-order valence-corrected chi connectivity index (χ2v) is 7.65. The maximum Gasteiger partial charge on any atom is 0.191 e. The Morgan fingerprint density at radius 1 is 1.25 bits per heavy atom. The number of aliphatic hydroxyl groups is 1. The topological polar surface area (TPSA) is 69.1 Å². The molecular formula is C22H38N4O2. The minimum absolute atomic E-state index is 0.00861. The molecule has 1 aliphatic heterocycles. The number of likely N-dealkylation sites (N-methyl/N-ethyl adjacent to an activating group) is 1. The fraction of sp³-hybridized carbons (Fsp3) is 0.682. The summed E-state index contributed by atoms with van der Waals surface area (Å²) in [7, 11) is 1.81. The van der Waals surface area contributed by atoms with E-state index in [1.165, 1.54) is 5.56 Å². The van der Waals surface area contributed by atoms with E-state index in [0.29, 0.717) is 12.6 Å². The van der Waals surface area contributed by atoms with Crippen LogP contribution in [0.3, 0.4) is 0 Å². The van der Waals surface area contributed by atoms with Crippen LogP contribution in [0.1, 0.15) is 32.3 Å². The number of hydrogen-bond acceptors (Lipinski definition) is 4. The Kier molecular flexibility index (Phi) is 9.75. The first-order chi connectivity index (χ1) is 13.7. The van der Waals surface area contributed by atoms with E-state index in [0.717, 1.165) is 58.0 Å². The molecule has 6 nitrogen and oxygen atoms in total. The van der Waals surface area contributed by atoms with Crippen molar-refractivity contribution in [2.45, 2.75) is 39.2 Å². The molecule has 0 radical (unpaired) electrons. The van der Waals surface area contributed by atoms with Crippen LogP contribution in [-0.4, -0.2) is 75.1 Å². The zero-order valence-corrected chi connectivity index (χ0v) is 17.8. The van der Waals surface area contributed by atoms with Crippen LogP contribution in [0, 0.1) is 5.41 Å². The van der Waals surface area contributed by atoms with Crippen molar-refractivity contribution in [3.8, 4) is 0 Å². The summed E-state index contributed by atoms with van der Waals surface area (Å²) >= 11 is 0. The first kappa shape index (κ1) is 22.7. The molecule has 6 heteroatoms. The van der Waals surface area contributed by atoms with Gasteiger partial charge in [-0.1, -0.05) is 44.2 Å². The lowest BCUT2D eigenvalue weighted by Gasteiger charge is -2.31. The Morgan fingerprint density at radius 2 is 2.00 bits per heavy atom. The van der Waals surface area contributed by atoms with Gasteiger partial charge in [-0.3, -0.25) is 9.89 Å². The van der Waals surface area contributed by atoms with Crippen LogP contribution in [0.2, 0.25) is 0 Å². The van der Waals surface area contributed by atoms with Gasteiger partial charge in [0.05, 0.1) is 6.61 Å². The summed E-state index contributed by atoms with van der Waals surface area (Å²) in [5.41, 5.74) is 1.36. The molecule has 1 heterocycles. The summed E-state index contributed by atoms with van der Waals surface area (Å²) in [4.78, 5) is 6.89. The van der Waals surface area contributed by atoms with Gasteiger partial charge in [-0.2, -0.15) is 0 Å². The van der Waals surface area contributed by atoms with Crippen molar-refractivity contribution >= 4 is 5.96 Å². The molecule has 1 aromatic rings. The van der Waals surface area contributed by atoms with Gasteiger partial charge in [-0.05, 0) is 37.9 Å². The van der Waals surface area contributed by atoms with Crippen LogP contribution in [0.25, 0.3) is 0 Å². The normalized spacial score (nSPS) is 21.1. The average molecular weight is 391 g/mol. The smallest absolute Gasteiger partial charge is 0.191 e. The predicted molar refractivity (Wildman–Crippen MR) is 116 cm³/mol. The van der Waals surface area contributed by atoms with Crippen LogP contribution in [0.15, 0.2) is 35.3 Å². The molecule has 3 N–H and O–H groups in total. The number of aliphatic imine (C=N–C) groups is 1. The van der Waals surface area contributed by atoms with Crippen molar-refractivity contribution in [1.82, 2.24) is 15.5 Å². The number of hydrogen-bond donors (Lipinski definition) is 3. The van der Waals surface area contributed by atoms with Crippen LogP contribution < -0.4 is 10.6 Å². The summed E-state index contributed by atoms with van der Waals surface area (Å²) in [6.45, 7) is 9.75. The van der Waals surface area contributed by atoms with E-state index in [-0.39, 0.29) is 12.0 Å². The highest BCUT2D eigenvalue weighted by atomic mass is 16.5. The van der Waals surface area contributed by atoms with Gasteiger partial charge in [-0.25, -0.2) is 0 Å². The monoisotopic (exact) mass is 390 g/mol. The van der Waals surface area contributed by atoms with Gasteiger partial charge in [0.1, 0.15) is 0 Å². The van der Waals surface area contributed by atoms with Crippen molar-refractivity contribution in [3.05, 3.63) is 35.9 Å². The molecular weight excluding hydrogens is 352 g/mol. The lowest BCUT2D eigenvalue weighted by Crippen LogP contribution is -2.50. The van der Waals surface area contributed by atoms with E-state index in [1.54, 1.807) is 0 Å². The SMILES string of the molecule is CCN(CC)C(CNC(=NC)NCC1(CCO)CCOC1)Cc1ccccc1. The molecule has 2 atom stereocenters. The molecule has 0 amide bonds. The summed E-state index contributed by atoms with van der Waals surface area (Å²) < 4.78 is 5.59. The van der Waals surface area contributed by atoms with E-state index >= 15 is 0 Å². The lowest BCUT2D eigenvalue weighted by molar-refractivity contribution is 0.127. The maximum absolute atomic E-state index is 9.41. The summed E-state index contributed by atoms with van der Waals surface area (Å²) in [5.74, 6) is 0.814. The van der Waals surface area contributed by atoms with Gasteiger partial charge in [0.25, 0.3) is 0 Å². The van der Waals surface area contributed by atoms with E-state index in [1.807, 2.05) is 7.05 Å². The molecule has 0 bridgehead atoms. The average Bonchev–Trinajstić information content (AvgIpc) is 3.18. The van der Waals surface area contributed by atoms with Gasteiger partial charge < -0.3 is 20.5 Å². The Hall–Kier alpha value is -1.63. The number of ether oxygens (including phenoxy) is 1. The molecule has 28 heavy (non-hydrogen) atoms. The van der Waals surface area contributed by atoms with E-state index in [9.17, 15) is 5.11 Å². The summed E-state index contributed by atoms with van der Waals surface area (Å²) in [6.07, 6.45) is 2.75. The van der Waals surface area contributed by atoms with Crippen molar-refractivity contribution in [2.75, 3.05) is 53.0 Å². The third-order valence-corrected chi connectivity index (χ3v) is 5.83. The van der Waals surface area contributed by atoms with Gasteiger partial charge >= 0.3 is 0 Å². The van der Waals surface area contributed by atoms with E-state index in [2.05, 4.69) is 64.7 Å². The molecule has 158 valence electrons. The Morgan fingerprint density at radius 3 is 2.57 bits per heavy atom. The van der Waals surface area contributed by atoms with E-state index in [4.69, 9.17) is 4.74 Å².